The van der Waals surface area contributed by atoms with Crippen LogP contribution >= 0.6 is 11.8 Å². The number of aromatic nitrogens is 1. The van der Waals surface area contributed by atoms with Gasteiger partial charge < -0.3 is 9.26 Å². The van der Waals surface area contributed by atoms with Crippen molar-refractivity contribution in [2.24, 2.45) is 0 Å². The maximum absolute atomic E-state index is 12.2. The molecule has 5 heteroatoms. The molecule has 0 bridgehead atoms. The van der Waals surface area contributed by atoms with Crippen LogP contribution in [0.25, 0.3) is 0 Å². The first-order valence-electron chi connectivity index (χ1n) is 4.93. The number of hydrogen-bond acceptors (Lipinski definition) is 5. The van der Waals surface area contributed by atoms with Gasteiger partial charge in [0.25, 0.3) is 0 Å². The normalized spacial score (nSPS) is 10.2. The Morgan fingerprint density at radius 1 is 1.47 bits per heavy atom. The highest BCUT2D eigenvalue weighted by molar-refractivity contribution is 7.98. The molecule has 0 unspecified atom stereocenters. The fourth-order valence-electron chi connectivity index (χ4n) is 1.45. The van der Waals surface area contributed by atoms with Gasteiger partial charge in [-0.15, -0.1) is 0 Å². The topological polar surface area (TPSA) is 52.3 Å². The lowest BCUT2D eigenvalue weighted by molar-refractivity contribution is 0.103. The van der Waals surface area contributed by atoms with Gasteiger partial charge in [0, 0.05) is 5.56 Å². The molecule has 0 aliphatic rings. The van der Waals surface area contributed by atoms with Crippen LogP contribution in [0.5, 0.6) is 5.75 Å². The molecule has 0 atom stereocenters. The zero-order valence-electron chi connectivity index (χ0n) is 9.47. The summed E-state index contributed by atoms with van der Waals surface area (Å²) in [6.45, 7) is 0. The van der Waals surface area contributed by atoms with Crippen LogP contribution in [0.15, 0.2) is 40.1 Å². The molecule has 1 heterocycles. The van der Waals surface area contributed by atoms with Crippen LogP contribution in [-0.4, -0.2) is 24.3 Å². The predicted molar refractivity (Wildman–Crippen MR) is 64.7 cm³/mol. The molecule has 0 saturated heterocycles. The van der Waals surface area contributed by atoms with Crippen LogP contribution in [0.4, 0.5) is 0 Å². The van der Waals surface area contributed by atoms with E-state index < -0.39 is 0 Å². The van der Waals surface area contributed by atoms with E-state index >= 15 is 0 Å². The number of ether oxygens (including phenoxy) is 1. The van der Waals surface area contributed by atoms with E-state index in [4.69, 9.17) is 9.26 Å². The number of nitrogens with zero attached hydrogens (tertiary/aromatic N) is 1. The molecule has 1 aromatic carbocycles. The first-order chi connectivity index (χ1) is 8.26. The van der Waals surface area contributed by atoms with Crippen molar-refractivity contribution in [3.63, 3.8) is 0 Å². The lowest BCUT2D eigenvalue weighted by Gasteiger charge is -2.02. The van der Waals surface area contributed by atoms with Crippen molar-refractivity contribution in [3.8, 4) is 5.75 Å². The number of carbonyl (C=O) groups is 1. The zero-order valence-corrected chi connectivity index (χ0v) is 10.3. The maximum Gasteiger partial charge on any atom is 0.204 e. The summed E-state index contributed by atoms with van der Waals surface area (Å²) in [5, 5.41) is 4.16. The van der Waals surface area contributed by atoms with Crippen LogP contribution in [0.1, 0.15) is 15.9 Å². The number of benzene rings is 1. The van der Waals surface area contributed by atoms with Crippen molar-refractivity contribution in [1.82, 2.24) is 5.16 Å². The van der Waals surface area contributed by atoms with Gasteiger partial charge in [0.05, 0.1) is 18.9 Å². The smallest absolute Gasteiger partial charge is 0.204 e. The Bertz CT molecular complexity index is 536. The minimum absolute atomic E-state index is 0.116. The third-order valence-electron chi connectivity index (χ3n) is 2.30. The van der Waals surface area contributed by atoms with Crippen LogP contribution < -0.4 is 4.74 Å². The molecule has 2 aromatic rings. The van der Waals surface area contributed by atoms with E-state index in [1.807, 2.05) is 6.26 Å². The third-order valence-corrected chi connectivity index (χ3v) is 2.96. The van der Waals surface area contributed by atoms with Crippen molar-refractivity contribution in [2.45, 2.75) is 5.09 Å². The van der Waals surface area contributed by atoms with Gasteiger partial charge in [-0.25, -0.2) is 0 Å². The SMILES string of the molecule is COc1cccc(C(=O)c2cnoc2SC)c1. The summed E-state index contributed by atoms with van der Waals surface area (Å²) >= 11 is 1.35. The molecule has 0 amide bonds. The second-order valence-electron chi connectivity index (χ2n) is 3.29. The fourth-order valence-corrected chi connectivity index (χ4v) is 1.93. The van der Waals surface area contributed by atoms with E-state index in [-0.39, 0.29) is 5.78 Å². The first-order valence-corrected chi connectivity index (χ1v) is 6.16. The average molecular weight is 249 g/mol. The molecule has 1 aromatic heterocycles. The standard InChI is InChI=1S/C12H11NO3S/c1-15-9-5-3-4-8(6-9)11(14)10-7-13-16-12(10)17-2/h3-7H,1-2H3. The molecule has 0 radical (unpaired) electrons. The van der Waals surface area contributed by atoms with Gasteiger partial charge in [-0.05, 0) is 18.4 Å². The van der Waals surface area contributed by atoms with Gasteiger partial charge in [0.2, 0.25) is 5.09 Å². The van der Waals surface area contributed by atoms with Crippen LogP contribution in [0.2, 0.25) is 0 Å². The number of thioether (sulfide) groups is 1. The maximum atomic E-state index is 12.2. The van der Waals surface area contributed by atoms with Crippen LogP contribution in [0.3, 0.4) is 0 Å². The van der Waals surface area contributed by atoms with Gasteiger partial charge in [-0.1, -0.05) is 29.1 Å². The van der Waals surface area contributed by atoms with Gasteiger partial charge in [-0.3, -0.25) is 4.79 Å². The molecule has 17 heavy (non-hydrogen) atoms. The van der Waals surface area contributed by atoms with Crippen molar-refractivity contribution >= 4 is 17.5 Å². The summed E-state index contributed by atoms with van der Waals surface area (Å²) < 4.78 is 10.1. The molecule has 0 aliphatic heterocycles. The molecule has 0 spiro atoms. The lowest BCUT2D eigenvalue weighted by Crippen LogP contribution is -2.01. The predicted octanol–water partition coefficient (Wildman–Crippen LogP) is 2.64. The highest BCUT2D eigenvalue weighted by Crippen LogP contribution is 2.23. The van der Waals surface area contributed by atoms with E-state index in [2.05, 4.69) is 5.16 Å². The number of rotatable bonds is 4. The van der Waals surface area contributed by atoms with E-state index in [9.17, 15) is 4.79 Å². The summed E-state index contributed by atoms with van der Waals surface area (Å²) in [7, 11) is 1.57. The molecule has 4 nitrogen and oxygen atoms in total. The second-order valence-corrected chi connectivity index (χ2v) is 4.07. The molecular weight excluding hydrogens is 238 g/mol. The largest absolute Gasteiger partial charge is 0.497 e. The number of methoxy groups -OCH3 is 1. The Hall–Kier alpha value is -1.75. The van der Waals surface area contributed by atoms with Crippen LogP contribution in [-0.2, 0) is 0 Å². The average Bonchev–Trinajstić information content (AvgIpc) is 2.86. The third kappa shape index (κ3) is 2.34. The van der Waals surface area contributed by atoms with Gasteiger partial charge in [0.1, 0.15) is 5.75 Å². The van der Waals surface area contributed by atoms with Gasteiger partial charge in [0.15, 0.2) is 5.78 Å². The Morgan fingerprint density at radius 2 is 2.29 bits per heavy atom. The summed E-state index contributed by atoms with van der Waals surface area (Å²) in [6.07, 6.45) is 3.27. The number of carbonyl (C=O) groups excluding carboxylic acids is 1. The molecule has 0 N–H and O–H groups in total. The summed E-state index contributed by atoms with van der Waals surface area (Å²) in [6, 6.07) is 7.00. The van der Waals surface area contributed by atoms with E-state index in [1.165, 1.54) is 18.0 Å². The molecular formula is C12H11NO3S. The monoisotopic (exact) mass is 249 g/mol. The minimum atomic E-state index is -0.116. The van der Waals surface area contributed by atoms with Gasteiger partial charge in [-0.2, -0.15) is 0 Å². The zero-order chi connectivity index (χ0) is 12.3. The molecule has 88 valence electrons. The highest BCUT2D eigenvalue weighted by atomic mass is 32.2. The van der Waals surface area contributed by atoms with E-state index in [0.29, 0.717) is 22.0 Å². The van der Waals surface area contributed by atoms with Crippen molar-refractivity contribution in [1.29, 1.82) is 0 Å². The Morgan fingerprint density at radius 3 is 3.00 bits per heavy atom. The summed E-state index contributed by atoms with van der Waals surface area (Å²) in [5.74, 6) is 0.535. The molecule has 2 rings (SSSR count). The Balaban J connectivity index is 2.36. The minimum Gasteiger partial charge on any atom is -0.497 e. The van der Waals surface area contributed by atoms with E-state index in [0.717, 1.165) is 0 Å². The summed E-state index contributed by atoms with van der Waals surface area (Å²) in [4.78, 5) is 12.2. The molecule has 0 fully saturated rings. The van der Waals surface area contributed by atoms with E-state index in [1.54, 1.807) is 31.4 Å². The second kappa shape index (κ2) is 5.05. The van der Waals surface area contributed by atoms with Crippen molar-refractivity contribution < 1.29 is 14.1 Å². The lowest BCUT2D eigenvalue weighted by atomic mass is 10.1. The fraction of sp³-hybridized carbons (Fsp3) is 0.167. The quantitative estimate of drug-likeness (QED) is 0.616. The number of hydrogen-bond donors (Lipinski definition) is 0. The van der Waals surface area contributed by atoms with Crippen molar-refractivity contribution in [2.75, 3.05) is 13.4 Å². The molecule has 0 saturated carbocycles. The van der Waals surface area contributed by atoms with Gasteiger partial charge >= 0.3 is 0 Å². The summed E-state index contributed by atoms with van der Waals surface area (Å²) in [5.41, 5.74) is 1.04. The highest BCUT2D eigenvalue weighted by Gasteiger charge is 2.17. The first kappa shape index (κ1) is 11.7. The van der Waals surface area contributed by atoms with Crippen LogP contribution in [0, 0.1) is 0 Å². The molecule has 0 aliphatic carbocycles. The van der Waals surface area contributed by atoms with Crippen molar-refractivity contribution in [3.05, 3.63) is 41.6 Å². The Labute approximate surface area is 103 Å². The Kier molecular flexibility index (Phi) is 3.49. The number of ketones is 1.